The van der Waals surface area contributed by atoms with Crippen LogP contribution < -0.4 is 5.32 Å². The van der Waals surface area contributed by atoms with Crippen molar-refractivity contribution < 1.29 is 4.79 Å². The van der Waals surface area contributed by atoms with E-state index in [2.05, 4.69) is 19.2 Å². The average Bonchev–Trinajstić information content (AvgIpc) is 2.48. The zero-order valence-electron chi connectivity index (χ0n) is 13.3. The van der Waals surface area contributed by atoms with Gasteiger partial charge in [-0.1, -0.05) is 6.07 Å². The molecule has 118 valence electrons. The molecule has 1 fully saturated rings. The average molecular weight is 311 g/mol. The van der Waals surface area contributed by atoms with Crippen LogP contribution in [0.25, 0.3) is 0 Å². The second-order valence-electron chi connectivity index (χ2n) is 5.93. The van der Waals surface area contributed by atoms with Crippen LogP contribution in [0.3, 0.4) is 0 Å². The topological polar surface area (TPSA) is 32.3 Å². The molecular formula is C17H27ClN2O. The van der Waals surface area contributed by atoms with E-state index in [4.69, 9.17) is 0 Å². The third-order valence-corrected chi connectivity index (χ3v) is 4.46. The van der Waals surface area contributed by atoms with Crippen molar-refractivity contribution >= 4 is 18.3 Å². The van der Waals surface area contributed by atoms with Gasteiger partial charge in [-0.25, -0.2) is 0 Å². The number of piperidine rings is 1. The van der Waals surface area contributed by atoms with Gasteiger partial charge in [0.25, 0.3) is 5.91 Å². The number of rotatable bonds is 4. The van der Waals surface area contributed by atoms with Gasteiger partial charge in [0.15, 0.2) is 0 Å². The van der Waals surface area contributed by atoms with Gasteiger partial charge in [0.05, 0.1) is 0 Å². The zero-order valence-corrected chi connectivity index (χ0v) is 14.1. The quantitative estimate of drug-likeness (QED) is 0.926. The fraction of sp³-hybridized carbons (Fsp3) is 0.588. The van der Waals surface area contributed by atoms with Gasteiger partial charge in [-0.05, 0) is 75.9 Å². The van der Waals surface area contributed by atoms with Crippen molar-refractivity contribution in [3.05, 3.63) is 34.9 Å². The minimum Gasteiger partial charge on any atom is -0.339 e. The summed E-state index contributed by atoms with van der Waals surface area (Å²) in [6, 6.07) is 6.02. The molecule has 0 aliphatic carbocycles. The molecule has 2 rings (SSSR count). The van der Waals surface area contributed by atoms with Crippen LogP contribution in [0.4, 0.5) is 0 Å². The van der Waals surface area contributed by atoms with Gasteiger partial charge in [0, 0.05) is 18.7 Å². The molecule has 21 heavy (non-hydrogen) atoms. The van der Waals surface area contributed by atoms with E-state index in [0.717, 1.165) is 44.0 Å². The molecule has 1 N–H and O–H groups in total. The highest BCUT2D eigenvalue weighted by Gasteiger charge is 2.23. The maximum atomic E-state index is 12.5. The number of likely N-dealkylation sites (tertiary alicyclic amines) is 1. The van der Waals surface area contributed by atoms with Gasteiger partial charge in [0.2, 0.25) is 0 Å². The molecule has 0 saturated carbocycles. The summed E-state index contributed by atoms with van der Waals surface area (Å²) in [6.07, 6.45) is 3.50. The summed E-state index contributed by atoms with van der Waals surface area (Å²) in [7, 11) is 2.00. The van der Waals surface area contributed by atoms with Crippen molar-refractivity contribution in [2.45, 2.75) is 33.1 Å². The number of carbonyl (C=O) groups is 1. The van der Waals surface area contributed by atoms with E-state index in [9.17, 15) is 4.79 Å². The third-order valence-electron chi connectivity index (χ3n) is 4.46. The van der Waals surface area contributed by atoms with Gasteiger partial charge in [-0.3, -0.25) is 4.79 Å². The molecule has 3 nitrogen and oxygen atoms in total. The Morgan fingerprint density at radius 2 is 1.90 bits per heavy atom. The van der Waals surface area contributed by atoms with Crippen molar-refractivity contribution in [3.8, 4) is 0 Å². The molecule has 1 aliphatic rings. The Bertz CT molecular complexity index is 468. The Hall–Kier alpha value is -1.06. The molecule has 0 aromatic heterocycles. The van der Waals surface area contributed by atoms with Crippen LogP contribution in [-0.2, 0) is 0 Å². The molecule has 0 atom stereocenters. The van der Waals surface area contributed by atoms with E-state index in [0.29, 0.717) is 0 Å². The van der Waals surface area contributed by atoms with Gasteiger partial charge in [-0.2, -0.15) is 0 Å². The maximum absolute atomic E-state index is 12.5. The number of benzene rings is 1. The number of hydrogen-bond donors (Lipinski definition) is 1. The second-order valence-corrected chi connectivity index (χ2v) is 5.93. The molecule has 0 radical (unpaired) electrons. The normalized spacial score (nSPS) is 15.7. The van der Waals surface area contributed by atoms with Crippen LogP contribution in [0.15, 0.2) is 18.2 Å². The summed E-state index contributed by atoms with van der Waals surface area (Å²) in [5, 5.41) is 3.21. The van der Waals surface area contributed by atoms with E-state index < -0.39 is 0 Å². The number of nitrogens with one attached hydrogen (secondary N) is 1. The molecule has 1 saturated heterocycles. The van der Waals surface area contributed by atoms with Crippen LogP contribution in [-0.4, -0.2) is 37.5 Å². The highest BCUT2D eigenvalue weighted by Crippen LogP contribution is 2.22. The molecule has 0 spiro atoms. The van der Waals surface area contributed by atoms with Crippen LogP contribution in [0.2, 0.25) is 0 Å². The van der Waals surface area contributed by atoms with E-state index >= 15 is 0 Å². The largest absolute Gasteiger partial charge is 0.339 e. The summed E-state index contributed by atoms with van der Waals surface area (Å²) < 4.78 is 0. The zero-order chi connectivity index (χ0) is 14.5. The standard InChI is InChI=1S/C17H26N2O.ClH/c1-13-4-5-16(12-14(13)2)17(20)19-10-7-15(8-11-19)6-9-18-3;/h4-5,12,15,18H,6-11H2,1-3H3;1H. The third kappa shape index (κ3) is 4.72. The molecule has 0 bridgehead atoms. The van der Waals surface area contributed by atoms with Crippen molar-refractivity contribution in [3.63, 3.8) is 0 Å². The minimum atomic E-state index is 0. The second kappa shape index (κ2) is 8.40. The molecule has 4 heteroatoms. The number of amides is 1. The Morgan fingerprint density at radius 3 is 2.48 bits per heavy atom. The summed E-state index contributed by atoms with van der Waals surface area (Å²) in [6.45, 7) is 7.03. The lowest BCUT2D eigenvalue weighted by molar-refractivity contribution is 0.0687. The van der Waals surface area contributed by atoms with Crippen LogP contribution >= 0.6 is 12.4 Å². The Morgan fingerprint density at radius 1 is 1.24 bits per heavy atom. The molecule has 0 unspecified atom stereocenters. The lowest BCUT2D eigenvalue weighted by atomic mass is 9.93. The van der Waals surface area contributed by atoms with Crippen molar-refractivity contribution in [2.24, 2.45) is 5.92 Å². The van der Waals surface area contributed by atoms with E-state index in [1.54, 1.807) is 0 Å². The molecule has 1 amide bonds. The number of aryl methyl sites for hydroxylation is 2. The minimum absolute atomic E-state index is 0. The molecule has 1 aromatic rings. The Labute approximate surface area is 134 Å². The predicted molar refractivity (Wildman–Crippen MR) is 90.3 cm³/mol. The van der Waals surface area contributed by atoms with E-state index in [1.807, 2.05) is 30.1 Å². The molecule has 1 aromatic carbocycles. The Kier molecular flexibility index (Phi) is 7.20. The first kappa shape index (κ1) is 18.0. The Balaban J connectivity index is 0.00000220. The monoisotopic (exact) mass is 310 g/mol. The van der Waals surface area contributed by atoms with Gasteiger partial charge in [-0.15, -0.1) is 12.4 Å². The molecule has 1 aliphatic heterocycles. The number of hydrogen-bond acceptors (Lipinski definition) is 2. The van der Waals surface area contributed by atoms with Crippen molar-refractivity contribution in [1.29, 1.82) is 0 Å². The highest BCUT2D eigenvalue weighted by molar-refractivity contribution is 5.94. The smallest absolute Gasteiger partial charge is 0.253 e. The van der Waals surface area contributed by atoms with Gasteiger partial charge >= 0.3 is 0 Å². The first-order valence-corrected chi connectivity index (χ1v) is 7.63. The molecule has 1 heterocycles. The first-order chi connectivity index (χ1) is 9.61. The summed E-state index contributed by atoms with van der Waals surface area (Å²) in [4.78, 5) is 14.5. The fourth-order valence-electron chi connectivity index (χ4n) is 2.83. The first-order valence-electron chi connectivity index (χ1n) is 7.63. The number of halogens is 1. The number of carbonyl (C=O) groups excluding carboxylic acids is 1. The summed E-state index contributed by atoms with van der Waals surface area (Å²) in [5.41, 5.74) is 3.27. The van der Waals surface area contributed by atoms with Gasteiger partial charge < -0.3 is 10.2 Å². The van der Waals surface area contributed by atoms with Crippen molar-refractivity contribution in [2.75, 3.05) is 26.7 Å². The fourth-order valence-corrected chi connectivity index (χ4v) is 2.83. The summed E-state index contributed by atoms with van der Waals surface area (Å²) in [5.74, 6) is 0.964. The highest BCUT2D eigenvalue weighted by atomic mass is 35.5. The lowest BCUT2D eigenvalue weighted by Crippen LogP contribution is -2.39. The van der Waals surface area contributed by atoms with Crippen molar-refractivity contribution in [1.82, 2.24) is 10.2 Å². The van der Waals surface area contributed by atoms with Crippen LogP contribution in [0.5, 0.6) is 0 Å². The van der Waals surface area contributed by atoms with E-state index in [-0.39, 0.29) is 18.3 Å². The molecular weight excluding hydrogens is 284 g/mol. The van der Waals surface area contributed by atoms with Crippen LogP contribution in [0.1, 0.15) is 40.7 Å². The number of nitrogens with zero attached hydrogens (tertiary/aromatic N) is 1. The van der Waals surface area contributed by atoms with Gasteiger partial charge in [0.1, 0.15) is 0 Å². The SMILES string of the molecule is CNCCC1CCN(C(=O)c2ccc(C)c(C)c2)CC1.Cl. The van der Waals surface area contributed by atoms with Crippen LogP contribution in [0, 0.1) is 19.8 Å². The maximum Gasteiger partial charge on any atom is 0.253 e. The van der Waals surface area contributed by atoms with E-state index in [1.165, 1.54) is 17.5 Å². The predicted octanol–water partition coefficient (Wildman–Crippen LogP) is 3.19. The summed E-state index contributed by atoms with van der Waals surface area (Å²) >= 11 is 0. The lowest BCUT2D eigenvalue weighted by Gasteiger charge is -2.32.